The molecule has 0 unspecified atom stereocenters. The average Bonchev–Trinajstić information content (AvgIpc) is 3.10. The standard InChI is InChI=1S/C21H25N3OS2/c1-5-15-6-11-18-19(14-15)27-21(22-18)24(13-12-23(2)3)20(25)16-7-9-17(26-4)10-8-16/h6-11,14H,5,12-13H2,1-4H3. The predicted octanol–water partition coefficient (Wildman–Crippen LogP) is 4.79. The summed E-state index contributed by atoms with van der Waals surface area (Å²) < 4.78 is 1.13. The van der Waals surface area contributed by atoms with Gasteiger partial charge in [0.1, 0.15) is 0 Å². The highest BCUT2D eigenvalue weighted by Gasteiger charge is 2.21. The molecular weight excluding hydrogens is 374 g/mol. The Hall–Kier alpha value is -1.89. The summed E-state index contributed by atoms with van der Waals surface area (Å²) in [6, 6.07) is 14.1. The second-order valence-electron chi connectivity index (χ2n) is 6.64. The first-order valence-electron chi connectivity index (χ1n) is 9.02. The van der Waals surface area contributed by atoms with Crippen molar-refractivity contribution in [2.24, 2.45) is 0 Å². The first kappa shape index (κ1) is 19.9. The molecule has 0 bridgehead atoms. The van der Waals surface area contributed by atoms with Crippen LogP contribution in [0.5, 0.6) is 0 Å². The molecular formula is C21H25N3OS2. The Morgan fingerprint density at radius 1 is 1.11 bits per heavy atom. The van der Waals surface area contributed by atoms with Crippen molar-refractivity contribution >= 4 is 44.4 Å². The molecule has 0 fully saturated rings. The van der Waals surface area contributed by atoms with Crippen LogP contribution in [-0.2, 0) is 6.42 Å². The van der Waals surface area contributed by atoms with Crippen molar-refractivity contribution in [2.75, 3.05) is 38.3 Å². The van der Waals surface area contributed by atoms with E-state index in [4.69, 9.17) is 4.98 Å². The number of likely N-dealkylation sites (N-methyl/N-ethyl adjacent to an activating group) is 1. The second-order valence-corrected chi connectivity index (χ2v) is 8.53. The number of aryl methyl sites for hydroxylation is 1. The number of hydrogen-bond acceptors (Lipinski definition) is 5. The van der Waals surface area contributed by atoms with Crippen LogP contribution in [0.15, 0.2) is 47.4 Å². The molecule has 27 heavy (non-hydrogen) atoms. The summed E-state index contributed by atoms with van der Waals surface area (Å²) >= 11 is 3.26. The van der Waals surface area contributed by atoms with Crippen LogP contribution < -0.4 is 4.90 Å². The van der Waals surface area contributed by atoms with E-state index < -0.39 is 0 Å². The molecule has 4 nitrogen and oxygen atoms in total. The lowest BCUT2D eigenvalue weighted by Crippen LogP contribution is -2.36. The third kappa shape index (κ3) is 4.69. The number of rotatable bonds is 7. The van der Waals surface area contributed by atoms with Crippen molar-refractivity contribution in [3.63, 3.8) is 0 Å². The first-order valence-corrected chi connectivity index (χ1v) is 11.1. The van der Waals surface area contributed by atoms with E-state index in [9.17, 15) is 4.79 Å². The molecule has 2 aromatic carbocycles. The summed E-state index contributed by atoms with van der Waals surface area (Å²) in [7, 11) is 4.03. The minimum atomic E-state index is -0.000672. The Balaban J connectivity index is 1.95. The molecule has 142 valence electrons. The summed E-state index contributed by atoms with van der Waals surface area (Å²) in [4.78, 5) is 23.0. The van der Waals surface area contributed by atoms with Crippen molar-refractivity contribution in [3.05, 3.63) is 53.6 Å². The number of carbonyl (C=O) groups excluding carboxylic acids is 1. The van der Waals surface area contributed by atoms with Gasteiger partial charge in [-0.05, 0) is 68.7 Å². The van der Waals surface area contributed by atoms with Gasteiger partial charge < -0.3 is 4.90 Å². The topological polar surface area (TPSA) is 36.4 Å². The Kier molecular flexibility index (Phi) is 6.52. The smallest absolute Gasteiger partial charge is 0.260 e. The lowest BCUT2D eigenvalue weighted by molar-refractivity contribution is 0.0985. The first-order chi connectivity index (χ1) is 13.0. The van der Waals surface area contributed by atoms with E-state index >= 15 is 0 Å². The van der Waals surface area contributed by atoms with Crippen molar-refractivity contribution in [1.29, 1.82) is 0 Å². The van der Waals surface area contributed by atoms with E-state index in [0.29, 0.717) is 12.1 Å². The quantitative estimate of drug-likeness (QED) is 0.535. The number of thioether (sulfide) groups is 1. The van der Waals surface area contributed by atoms with Gasteiger partial charge in [-0.25, -0.2) is 4.98 Å². The number of hydrogen-bond donors (Lipinski definition) is 0. The van der Waals surface area contributed by atoms with E-state index in [-0.39, 0.29) is 5.91 Å². The highest BCUT2D eigenvalue weighted by molar-refractivity contribution is 7.98. The monoisotopic (exact) mass is 399 g/mol. The number of anilines is 1. The maximum Gasteiger partial charge on any atom is 0.260 e. The Labute approximate surface area is 169 Å². The lowest BCUT2D eigenvalue weighted by Gasteiger charge is -2.22. The molecule has 0 aliphatic rings. The van der Waals surface area contributed by atoms with Gasteiger partial charge >= 0.3 is 0 Å². The van der Waals surface area contributed by atoms with Crippen molar-refractivity contribution in [3.8, 4) is 0 Å². The molecule has 0 N–H and O–H groups in total. The Morgan fingerprint density at radius 3 is 2.48 bits per heavy atom. The van der Waals surface area contributed by atoms with Crippen LogP contribution in [0.3, 0.4) is 0 Å². The number of amides is 1. The molecule has 3 aromatic rings. The van der Waals surface area contributed by atoms with Gasteiger partial charge in [-0.2, -0.15) is 0 Å². The number of aromatic nitrogens is 1. The zero-order valence-corrected chi connectivity index (χ0v) is 17.9. The van der Waals surface area contributed by atoms with Crippen LogP contribution in [-0.4, -0.2) is 49.2 Å². The Bertz CT molecular complexity index is 919. The van der Waals surface area contributed by atoms with Crippen LogP contribution in [0.2, 0.25) is 0 Å². The van der Waals surface area contributed by atoms with E-state index in [2.05, 4.69) is 30.0 Å². The van der Waals surface area contributed by atoms with Gasteiger partial charge in [-0.15, -0.1) is 11.8 Å². The van der Waals surface area contributed by atoms with Crippen LogP contribution in [0.1, 0.15) is 22.8 Å². The van der Waals surface area contributed by atoms with E-state index in [0.717, 1.165) is 33.2 Å². The van der Waals surface area contributed by atoms with E-state index in [1.54, 1.807) is 23.1 Å². The van der Waals surface area contributed by atoms with Gasteiger partial charge in [0.15, 0.2) is 5.13 Å². The molecule has 0 radical (unpaired) electrons. The number of thiazole rings is 1. The van der Waals surface area contributed by atoms with Gasteiger partial charge in [-0.1, -0.05) is 24.3 Å². The largest absolute Gasteiger partial charge is 0.308 e. The van der Waals surface area contributed by atoms with Gasteiger partial charge in [0.25, 0.3) is 5.91 Å². The van der Waals surface area contributed by atoms with Gasteiger partial charge in [-0.3, -0.25) is 9.69 Å². The Morgan fingerprint density at radius 2 is 1.85 bits per heavy atom. The molecule has 0 saturated heterocycles. The summed E-state index contributed by atoms with van der Waals surface area (Å²) in [5.74, 6) is -0.000672. The lowest BCUT2D eigenvalue weighted by atomic mass is 10.2. The number of carbonyl (C=O) groups is 1. The number of benzene rings is 2. The summed E-state index contributed by atoms with van der Waals surface area (Å²) in [6.45, 7) is 3.54. The van der Waals surface area contributed by atoms with E-state index in [1.807, 2.05) is 49.5 Å². The molecule has 1 amide bonds. The highest BCUT2D eigenvalue weighted by atomic mass is 32.2. The number of nitrogens with zero attached hydrogens (tertiary/aromatic N) is 3. The molecule has 0 aliphatic carbocycles. The minimum Gasteiger partial charge on any atom is -0.308 e. The molecule has 6 heteroatoms. The molecule has 0 spiro atoms. The summed E-state index contributed by atoms with van der Waals surface area (Å²) in [6.07, 6.45) is 3.03. The van der Waals surface area contributed by atoms with Crippen LogP contribution in [0.25, 0.3) is 10.2 Å². The fourth-order valence-corrected chi connectivity index (χ4v) is 4.23. The fraction of sp³-hybridized carbons (Fsp3) is 0.333. The molecule has 0 aliphatic heterocycles. The molecule has 1 aromatic heterocycles. The zero-order chi connectivity index (χ0) is 19.4. The predicted molar refractivity (Wildman–Crippen MR) is 117 cm³/mol. The van der Waals surface area contributed by atoms with Gasteiger partial charge in [0.2, 0.25) is 0 Å². The fourth-order valence-electron chi connectivity index (χ4n) is 2.77. The molecule has 3 rings (SSSR count). The normalized spacial score (nSPS) is 11.3. The van der Waals surface area contributed by atoms with E-state index in [1.165, 1.54) is 5.56 Å². The van der Waals surface area contributed by atoms with Gasteiger partial charge in [0.05, 0.1) is 10.2 Å². The highest BCUT2D eigenvalue weighted by Crippen LogP contribution is 2.30. The summed E-state index contributed by atoms with van der Waals surface area (Å²) in [5.41, 5.74) is 2.93. The maximum absolute atomic E-state index is 13.2. The van der Waals surface area contributed by atoms with Crippen LogP contribution >= 0.6 is 23.1 Å². The van der Waals surface area contributed by atoms with Crippen LogP contribution in [0.4, 0.5) is 5.13 Å². The SMILES string of the molecule is CCc1ccc2nc(N(CCN(C)C)C(=O)c3ccc(SC)cc3)sc2c1. The minimum absolute atomic E-state index is 0.000672. The maximum atomic E-state index is 13.2. The van der Waals surface area contributed by atoms with Crippen molar-refractivity contribution in [2.45, 2.75) is 18.2 Å². The summed E-state index contributed by atoms with van der Waals surface area (Å²) in [5, 5.41) is 0.763. The third-order valence-corrected chi connectivity index (χ3v) is 6.22. The zero-order valence-electron chi connectivity index (χ0n) is 16.2. The average molecular weight is 400 g/mol. The molecule has 1 heterocycles. The molecule has 0 saturated carbocycles. The second kappa shape index (κ2) is 8.87. The molecule has 0 atom stereocenters. The van der Waals surface area contributed by atoms with Crippen molar-refractivity contribution in [1.82, 2.24) is 9.88 Å². The van der Waals surface area contributed by atoms with Gasteiger partial charge in [0, 0.05) is 23.5 Å². The van der Waals surface area contributed by atoms with Crippen molar-refractivity contribution < 1.29 is 4.79 Å². The van der Waals surface area contributed by atoms with Crippen LogP contribution in [0, 0.1) is 0 Å². The number of fused-ring (bicyclic) bond motifs is 1. The third-order valence-electron chi connectivity index (χ3n) is 4.43.